The van der Waals surface area contributed by atoms with Crippen molar-refractivity contribution >= 4 is 12.0 Å². The number of hydrogen-bond donors (Lipinski definition) is 2. The van der Waals surface area contributed by atoms with Gasteiger partial charge in [0.15, 0.2) is 0 Å². The summed E-state index contributed by atoms with van der Waals surface area (Å²) in [6.45, 7) is 9.29. The van der Waals surface area contributed by atoms with Crippen LogP contribution in [0.25, 0.3) is 0 Å². The number of nitrogens with zero attached hydrogens (tertiary/aromatic N) is 1. The van der Waals surface area contributed by atoms with Gasteiger partial charge in [0.2, 0.25) is 5.91 Å². The maximum absolute atomic E-state index is 12.0. The van der Waals surface area contributed by atoms with Gasteiger partial charge in [0, 0.05) is 12.6 Å². The van der Waals surface area contributed by atoms with Gasteiger partial charge in [-0.25, -0.2) is 4.79 Å². The number of likely N-dealkylation sites (tertiary alicyclic amines) is 1. The molecule has 1 saturated heterocycles. The number of nitrogens with one attached hydrogen (secondary N) is 2. The van der Waals surface area contributed by atoms with E-state index in [0.29, 0.717) is 18.5 Å². The van der Waals surface area contributed by atoms with Crippen LogP contribution in [-0.4, -0.2) is 55.2 Å². The molecule has 30 heavy (non-hydrogen) atoms. The number of amides is 2. The number of carbonyl (C=O) groups excluding carboxylic acids is 2. The Morgan fingerprint density at radius 1 is 1.27 bits per heavy atom. The van der Waals surface area contributed by atoms with Crippen molar-refractivity contribution in [3.05, 3.63) is 35.5 Å². The van der Waals surface area contributed by atoms with Gasteiger partial charge >= 0.3 is 6.09 Å². The maximum atomic E-state index is 12.0. The number of likely N-dealkylation sites (N-methyl/N-ethyl adjacent to an activating group) is 1. The average Bonchev–Trinajstić information content (AvgIpc) is 3.05. The summed E-state index contributed by atoms with van der Waals surface area (Å²) in [6, 6.07) is 0.511. The lowest BCUT2D eigenvalue weighted by Crippen LogP contribution is -2.39. The summed E-state index contributed by atoms with van der Waals surface area (Å²) in [5, 5.41) is 5.36. The van der Waals surface area contributed by atoms with Crippen LogP contribution >= 0.6 is 0 Å². The topological polar surface area (TPSA) is 70.7 Å². The minimum absolute atomic E-state index is 0.0719. The molecule has 2 unspecified atom stereocenters. The van der Waals surface area contributed by atoms with Crippen LogP contribution in [0.15, 0.2) is 35.5 Å². The smallest absolute Gasteiger partial charge is 0.408 e. The molecule has 2 atom stereocenters. The third kappa shape index (κ3) is 8.74. The molecular weight excluding hydrogens is 378 g/mol. The largest absolute Gasteiger partial charge is 0.444 e. The van der Waals surface area contributed by atoms with E-state index >= 15 is 0 Å². The standard InChI is InChI=1S/C24H39N3O3/c1-18-9-6-11-20(21-12-8-14-27(21)5)16-19(15-18)10-7-13-25-22(28)17-26-23(29)30-24(2,3)4/h6,11,15-16,18,21H,7-10,12-14,17H2,1-5H3,(H,25,28)(H,26,29). The van der Waals surface area contributed by atoms with Crippen molar-refractivity contribution in [2.75, 3.05) is 26.7 Å². The van der Waals surface area contributed by atoms with Gasteiger partial charge in [0.1, 0.15) is 5.60 Å². The first kappa shape index (κ1) is 24.2. The first-order valence-electron chi connectivity index (χ1n) is 11.2. The summed E-state index contributed by atoms with van der Waals surface area (Å²) in [5.74, 6) is 0.315. The number of hydrogen-bond acceptors (Lipinski definition) is 4. The van der Waals surface area contributed by atoms with Crippen molar-refractivity contribution in [1.29, 1.82) is 0 Å². The maximum Gasteiger partial charge on any atom is 0.408 e. The number of carbonyl (C=O) groups is 2. The molecule has 0 radical (unpaired) electrons. The molecule has 0 aromatic heterocycles. The highest BCUT2D eigenvalue weighted by Gasteiger charge is 2.23. The van der Waals surface area contributed by atoms with Crippen LogP contribution in [0.3, 0.4) is 0 Å². The van der Waals surface area contributed by atoms with Crippen molar-refractivity contribution in [3.63, 3.8) is 0 Å². The Labute approximate surface area is 181 Å². The van der Waals surface area contributed by atoms with E-state index in [1.165, 1.54) is 24.0 Å². The van der Waals surface area contributed by atoms with E-state index in [1.54, 1.807) is 20.8 Å². The molecule has 1 fully saturated rings. The summed E-state index contributed by atoms with van der Waals surface area (Å²) < 4.78 is 5.13. The zero-order chi connectivity index (χ0) is 22.1. The Morgan fingerprint density at radius 3 is 2.70 bits per heavy atom. The van der Waals surface area contributed by atoms with E-state index in [0.717, 1.165) is 25.8 Å². The van der Waals surface area contributed by atoms with Gasteiger partial charge in [-0.15, -0.1) is 0 Å². The van der Waals surface area contributed by atoms with Crippen molar-refractivity contribution in [1.82, 2.24) is 15.5 Å². The van der Waals surface area contributed by atoms with E-state index in [-0.39, 0.29) is 12.5 Å². The second-order valence-electron chi connectivity index (χ2n) is 9.45. The zero-order valence-corrected chi connectivity index (χ0v) is 19.3. The summed E-state index contributed by atoms with van der Waals surface area (Å²) in [5.41, 5.74) is 2.18. The number of alkyl carbamates (subject to hydrolysis) is 1. The molecule has 1 aliphatic carbocycles. The highest BCUT2D eigenvalue weighted by molar-refractivity contribution is 5.82. The number of ether oxygens (including phenoxy) is 1. The predicted octanol–water partition coefficient (Wildman–Crippen LogP) is 3.95. The molecule has 0 aromatic rings. The fraction of sp³-hybridized carbons (Fsp3) is 0.667. The molecule has 1 heterocycles. The van der Waals surface area contributed by atoms with Crippen LogP contribution in [0.2, 0.25) is 0 Å². The molecule has 1 aliphatic heterocycles. The second-order valence-corrected chi connectivity index (χ2v) is 9.45. The van der Waals surface area contributed by atoms with Gasteiger partial charge in [0.05, 0.1) is 6.54 Å². The second kappa shape index (κ2) is 11.3. The van der Waals surface area contributed by atoms with Crippen molar-refractivity contribution < 1.29 is 14.3 Å². The average molecular weight is 418 g/mol. The molecular formula is C24H39N3O3. The van der Waals surface area contributed by atoms with Crippen molar-refractivity contribution in [3.8, 4) is 0 Å². The lowest BCUT2D eigenvalue weighted by Gasteiger charge is -2.23. The molecule has 0 saturated carbocycles. The Kier molecular flexibility index (Phi) is 9.15. The molecule has 168 valence electrons. The molecule has 6 heteroatoms. The Bertz CT molecular complexity index is 688. The minimum atomic E-state index is -0.575. The van der Waals surface area contributed by atoms with Gasteiger partial charge in [-0.3, -0.25) is 9.69 Å². The highest BCUT2D eigenvalue weighted by Crippen LogP contribution is 2.27. The van der Waals surface area contributed by atoms with E-state index in [9.17, 15) is 9.59 Å². The molecule has 6 nitrogen and oxygen atoms in total. The fourth-order valence-electron chi connectivity index (χ4n) is 3.91. The first-order valence-corrected chi connectivity index (χ1v) is 11.2. The van der Waals surface area contributed by atoms with E-state index in [2.05, 4.69) is 53.8 Å². The number of rotatable bonds is 7. The minimum Gasteiger partial charge on any atom is -0.444 e. The summed E-state index contributed by atoms with van der Waals surface area (Å²) in [4.78, 5) is 26.0. The van der Waals surface area contributed by atoms with Crippen LogP contribution in [-0.2, 0) is 9.53 Å². The van der Waals surface area contributed by atoms with Crippen LogP contribution in [0.5, 0.6) is 0 Å². The molecule has 2 aliphatic rings. The van der Waals surface area contributed by atoms with E-state index < -0.39 is 11.7 Å². The van der Waals surface area contributed by atoms with Crippen LogP contribution < -0.4 is 10.6 Å². The SMILES string of the molecule is CC1C=C(CCCNC(=O)CNC(=O)OC(C)(C)C)C=C(C2CCCN2C)C=CC1. The molecule has 0 spiro atoms. The summed E-state index contributed by atoms with van der Waals surface area (Å²) in [7, 11) is 2.21. The third-order valence-corrected chi connectivity index (χ3v) is 5.33. The summed E-state index contributed by atoms with van der Waals surface area (Å²) >= 11 is 0. The fourth-order valence-corrected chi connectivity index (χ4v) is 3.91. The Hall–Kier alpha value is -2.08. The van der Waals surface area contributed by atoms with Gasteiger partial charge in [0.25, 0.3) is 0 Å². The van der Waals surface area contributed by atoms with Gasteiger partial charge in [-0.05, 0) is 78.0 Å². The highest BCUT2D eigenvalue weighted by atomic mass is 16.6. The first-order chi connectivity index (χ1) is 14.1. The Morgan fingerprint density at radius 2 is 2.03 bits per heavy atom. The predicted molar refractivity (Wildman–Crippen MR) is 121 cm³/mol. The van der Waals surface area contributed by atoms with Crippen molar-refractivity contribution in [2.45, 2.75) is 71.4 Å². The van der Waals surface area contributed by atoms with Crippen LogP contribution in [0.4, 0.5) is 4.79 Å². The zero-order valence-electron chi connectivity index (χ0n) is 19.3. The molecule has 2 amide bonds. The monoisotopic (exact) mass is 417 g/mol. The van der Waals surface area contributed by atoms with E-state index in [4.69, 9.17) is 4.74 Å². The molecule has 2 N–H and O–H groups in total. The lowest BCUT2D eigenvalue weighted by molar-refractivity contribution is -0.120. The van der Waals surface area contributed by atoms with Gasteiger partial charge in [-0.1, -0.05) is 36.8 Å². The molecule has 2 rings (SSSR count). The Balaban J connectivity index is 1.79. The van der Waals surface area contributed by atoms with Crippen LogP contribution in [0.1, 0.15) is 59.8 Å². The molecule has 0 bridgehead atoms. The van der Waals surface area contributed by atoms with Gasteiger partial charge < -0.3 is 15.4 Å². The number of allylic oxidation sites excluding steroid dienone is 4. The summed E-state index contributed by atoms with van der Waals surface area (Å²) in [6.07, 6.45) is 14.1. The third-order valence-electron chi connectivity index (χ3n) is 5.33. The van der Waals surface area contributed by atoms with Crippen molar-refractivity contribution in [2.24, 2.45) is 5.92 Å². The van der Waals surface area contributed by atoms with Gasteiger partial charge in [-0.2, -0.15) is 0 Å². The van der Waals surface area contributed by atoms with Crippen LogP contribution in [0, 0.1) is 5.92 Å². The van der Waals surface area contributed by atoms with E-state index in [1.807, 2.05) is 0 Å². The normalized spacial score (nSPS) is 22.6. The molecule has 0 aromatic carbocycles. The lowest BCUT2D eigenvalue weighted by atomic mass is 9.93. The quantitative estimate of drug-likeness (QED) is 0.616.